The van der Waals surface area contributed by atoms with Crippen LogP contribution in [0.3, 0.4) is 0 Å². The van der Waals surface area contributed by atoms with Crippen molar-refractivity contribution in [2.75, 3.05) is 0 Å². The summed E-state index contributed by atoms with van der Waals surface area (Å²) in [7, 11) is 0. The molecule has 1 atom stereocenters. The highest BCUT2D eigenvalue weighted by atomic mass is 16.5. The van der Waals surface area contributed by atoms with Crippen molar-refractivity contribution in [1.29, 1.82) is 0 Å². The van der Waals surface area contributed by atoms with Crippen LogP contribution in [-0.2, 0) is 22.6 Å². The summed E-state index contributed by atoms with van der Waals surface area (Å²) in [4.78, 5) is 23.4. The number of rotatable bonds is 7. The quantitative estimate of drug-likeness (QED) is 0.774. The molecule has 0 saturated carbocycles. The van der Waals surface area contributed by atoms with Crippen molar-refractivity contribution in [3.8, 4) is 5.75 Å². The van der Waals surface area contributed by atoms with Gasteiger partial charge < -0.3 is 19.9 Å². The Hall–Kier alpha value is -3.02. The molecule has 0 unspecified atom stereocenters. The fraction of sp³-hybridized carbons (Fsp3) is 0.333. The second kappa shape index (κ2) is 9.07. The van der Waals surface area contributed by atoms with Crippen molar-refractivity contribution in [3.05, 3.63) is 65.7 Å². The maximum atomic E-state index is 11.9. The van der Waals surface area contributed by atoms with E-state index in [2.05, 4.69) is 5.32 Å². The first kappa shape index (κ1) is 20.3. The number of carboxylic acid groups (broad SMARTS) is 1. The molecule has 0 radical (unpaired) electrons. The van der Waals surface area contributed by atoms with E-state index in [1.165, 1.54) is 0 Å². The van der Waals surface area contributed by atoms with E-state index in [-0.39, 0.29) is 18.6 Å². The Labute approximate surface area is 159 Å². The predicted octanol–water partition coefficient (Wildman–Crippen LogP) is 3.79. The highest BCUT2D eigenvalue weighted by Crippen LogP contribution is 2.19. The van der Waals surface area contributed by atoms with Gasteiger partial charge in [0.1, 0.15) is 24.0 Å². The Morgan fingerprint density at radius 2 is 1.63 bits per heavy atom. The number of carbonyl (C=O) groups is 2. The van der Waals surface area contributed by atoms with Gasteiger partial charge in [0, 0.05) is 6.42 Å². The molecule has 2 N–H and O–H groups in total. The van der Waals surface area contributed by atoms with Gasteiger partial charge >= 0.3 is 12.1 Å². The second-order valence-corrected chi connectivity index (χ2v) is 7.16. The van der Waals surface area contributed by atoms with E-state index in [1.807, 2.05) is 51.1 Å². The van der Waals surface area contributed by atoms with Gasteiger partial charge in [0.05, 0.1) is 0 Å². The van der Waals surface area contributed by atoms with E-state index in [0.29, 0.717) is 5.75 Å². The number of nitrogens with one attached hydrogen (secondary N) is 1. The fourth-order valence-corrected chi connectivity index (χ4v) is 2.39. The molecule has 0 aliphatic rings. The number of carbonyl (C=O) groups excluding carboxylic acids is 1. The number of aliphatic carboxylic acids is 1. The summed E-state index contributed by atoms with van der Waals surface area (Å²) in [5, 5.41) is 11.8. The van der Waals surface area contributed by atoms with Gasteiger partial charge in [-0.3, -0.25) is 0 Å². The summed E-state index contributed by atoms with van der Waals surface area (Å²) in [6.45, 7) is 5.93. The van der Waals surface area contributed by atoms with Crippen LogP contribution in [0.1, 0.15) is 31.9 Å². The predicted molar refractivity (Wildman–Crippen MR) is 102 cm³/mol. The first-order valence-electron chi connectivity index (χ1n) is 8.71. The molecule has 2 aromatic carbocycles. The number of hydrogen-bond donors (Lipinski definition) is 2. The van der Waals surface area contributed by atoms with Gasteiger partial charge in [0.2, 0.25) is 0 Å². The maximum Gasteiger partial charge on any atom is 0.408 e. The molecule has 0 saturated heterocycles. The van der Waals surface area contributed by atoms with E-state index >= 15 is 0 Å². The summed E-state index contributed by atoms with van der Waals surface area (Å²) in [5.41, 5.74) is 1.29. The van der Waals surface area contributed by atoms with Crippen molar-refractivity contribution in [1.82, 2.24) is 5.32 Å². The molecule has 1 amide bonds. The van der Waals surface area contributed by atoms with Crippen LogP contribution in [0, 0.1) is 0 Å². The molecule has 2 rings (SSSR count). The van der Waals surface area contributed by atoms with E-state index < -0.39 is 18.1 Å². The van der Waals surface area contributed by atoms with Gasteiger partial charge in [-0.05, 0) is 44.0 Å². The zero-order valence-electron chi connectivity index (χ0n) is 15.8. The van der Waals surface area contributed by atoms with E-state index in [0.717, 1.165) is 11.1 Å². The van der Waals surface area contributed by atoms with Crippen molar-refractivity contribution in [2.45, 2.75) is 45.4 Å². The number of carboxylic acids is 1. The molecular weight excluding hydrogens is 346 g/mol. The molecule has 0 fully saturated rings. The van der Waals surface area contributed by atoms with Crippen molar-refractivity contribution >= 4 is 12.1 Å². The minimum Gasteiger partial charge on any atom is -0.488 e. The van der Waals surface area contributed by atoms with Gasteiger partial charge in [-0.1, -0.05) is 42.5 Å². The van der Waals surface area contributed by atoms with Crippen LogP contribution in [0.4, 0.5) is 4.79 Å². The Morgan fingerprint density at radius 3 is 2.19 bits per heavy atom. The number of ether oxygens (including phenoxy) is 2. The number of benzene rings is 2. The molecule has 27 heavy (non-hydrogen) atoms. The van der Waals surface area contributed by atoms with Gasteiger partial charge in [0.25, 0.3) is 0 Å². The largest absolute Gasteiger partial charge is 0.488 e. The lowest BCUT2D eigenvalue weighted by Crippen LogP contribution is -2.42. The monoisotopic (exact) mass is 371 g/mol. The van der Waals surface area contributed by atoms with E-state index in [4.69, 9.17) is 9.47 Å². The fourth-order valence-electron chi connectivity index (χ4n) is 2.39. The average molecular weight is 371 g/mol. The Kier molecular flexibility index (Phi) is 6.82. The molecule has 0 spiro atoms. The zero-order chi connectivity index (χ0) is 19.9. The molecule has 0 aromatic heterocycles. The standard InChI is InChI=1S/C21H25NO5/c1-21(2,3)27-17-11-9-15(10-12-17)13-18(19(23)24)22-20(25)26-14-16-7-5-4-6-8-16/h4-12,18H,13-14H2,1-3H3,(H,22,25)(H,23,24)/t18-/m0/s1. The lowest BCUT2D eigenvalue weighted by Gasteiger charge is -2.21. The molecular formula is C21H25NO5. The summed E-state index contributed by atoms with van der Waals surface area (Å²) < 4.78 is 10.8. The minimum atomic E-state index is -1.12. The van der Waals surface area contributed by atoms with E-state index in [1.54, 1.807) is 24.3 Å². The molecule has 0 bridgehead atoms. The third kappa shape index (κ3) is 7.40. The van der Waals surface area contributed by atoms with Crippen LogP contribution in [0.2, 0.25) is 0 Å². The van der Waals surface area contributed by atoms with Crippen molar-refractivity contribution in [3.63, 3.8) is 0 Å². The lowest BCUT2D eigenvalue weighted by atomic mass is 10.1. The van der Waals surface area contributed by atoms with Crippen LogP contribution in [0.15, 0.2) is 54.6 Å². The van der Waals surface area contributed by atoms with Crippen molar-refractivity contribution < 1.29 is 24.2 Å². The summed E-state index contributed by atoms with van der Waals surface area (Å²) in [6.07, 6.45) is -0.620. The second-order valence-electron chi connectivity index (χ2n) is 7.16. The highest BCUT2D eigenvalue weighted by molar-refractivity contribution is 5.80. The Bertz CT molecular complexity index is 750. The first-order chi connectivity index (χ1) is 12.7. The van der Waals surface area contributed by atoms with Gasteiger partial charge in [-0.2, -0.15) is 0 Å². The molecule has 2 aromatic rings. The smallest absolute Gasteiger partial charge is 0.408 e. The molecule has 0 aliphatic heterocycles. The highest BCUT2D eigenvalue weighted by Gasteiger charge is 2.21. The Balaban J connectivity index is 1.91. The molecule has 144 valence electrons. The van der Waals surface area contributed by atoms with Gasteiger partial charge in [0.15, 0.2) is 0 Å². The SMILES string of the molecule is CC(C)(C)Oc1ccc(C[C@H](NC(=O)OCc2ccccc2)C(=O)O)cc1. The third-order valence-electron chi connectivity index (χ3n) is 3.59. The summed E-state index contributed by atoms with van der Waals surface area (Å²) >= 11 is 0. The van der Waals surface area contributed by atoms with Crippen LogP contribution in [0.5, 0.6) is 5.75 Å². The van der Waals surface area contributed by atoms with Gasteiger partial charge in [-0.25, -0.2) is 9.59 Å². The maximum absolute atomic E-state index is 11.9. The number of amides is 1. The lowest BCUT2D eigenvalue weighted by molar-refractivity contribution is -0.139. The Morgan fingerprint density at radius 1 is 1.00 bits per heavy atom. The number of hydrogen-bond acceptors (Lipinski definition) is 4. The van der Waals surface area contributed by atoms with E-state index in [9.17, 15) is 14.7 Å². The van der Waals surface area contributed by atoms with Crippen LogP contribution >= 0.6 is 0 Å². The normalized spacial score (nSPS) is 12.1. The number of alkyl carbamates (subject to hydrolysis) is 1. The minimum absolute atomic E-state index is 0.0812. The molecule has 0 heterocycles. The average Bonchev–Trinajstić information content (AvgIpc) is 2.60. The van der Waals surface area contributed by atoms with Crippen LogP contribution < -0.4 is 10.1 Å². The third-order valence-corrected chi connectivity index (χ3v) is 3.59. The summed E-state index contributed by atoms with van der Waals surface area (Å²) in [5.74, 6) is -0.421. The molecule has 0 aliphatic carbocycles. The first-order valence-corrected chi connectivity index (χ1v) is 8.71. The van der Waals surface area contributed by atoms with Crippen LogP contribution in [0.25, 0.3) is 0 Å². The summed E-state index contributed by atoms with van der Waals surface area (Å²) in [6, 6.07) is 15.2. The van der Waals surface area contributed by atoms with Crippen molar-refractivity contribution in [2.24, 2.45) is 0 Å². The van der Waals surface area contributed by atoms with Crippen LogP contribution in [-0.4, -0.2) is 28.8 Å². The zero-order valence-corrected chi connectivity index (χ0v) is 15.8. The molecule has 6 heteroatoms. The van der Waals surface area contributed by atoms with Gasteiger partial charge in [-0.15, -0.1) is 0 Å². The molecule has 6 nitrogen and oxygen atoms in total. The topological polar surface area (TPSA) is 84.9 Å².